The monoisotopic (exact) mass is 618 g/mol. The van der Waals surface area contributed by atoms with Crippen molar-refractivity contribution in [3.8, 4) is 0 Å². The van der Waals surface area contributed by atoms with Crippen LogP contribution in [0.15, 0.2) is 11.6 Å². The van der Waals surface area contributed by atoms with Gasteiger partial charge in [0.1, 0.15) is 6.10 Å². The van der Waals surface area contributed by atoms with Gasteiger partial charge in [-0.15, -0.1) is 0 Å². The van der Waals surface area contributed by atoms with Crippen LogP contribution in [0.4, 0.5) is 0 Å². The van der Waals surface area contributed by atoms with Gasteiger partial charge in [-0.3, -0.25) is 4.79 Å². The van der Waals surface area contributed by atoms with Crippen LogP contribution in [0.2, 0.25) is 0 Å². The average molecular weight is 619 g/mol. The summed E-state index contributed by atoms with van der Waals surface area (Å²) < 4.78 is 12.7. The molecule has 0 radical (unpaired) electrons. The Morgan fingerprint density at radius 3 is 2.52 bits per heavy atom. The van der Waals surface area contributed by atoms with Crippen molar-refractivity contribution >= 4 is 5.78 Å². The van der Waals surface area contributed by atoms with Gasteiger partial charge >= 0.3 is 0 Å². The molecule has 0 amide bonds. The van der Waals surface area contributed by atoms with Gasteiger partial charge < -0.3 is 41.0 Å². The fraction of sp³-hybridized carbons (Fsp3) is 0.914. The predicted molar refractivity (Wildman–Crippen MR) is 166 cm³/mol. The molecule has 4 aliphatic carbocycles. The van der Waals surface area contributed by atoms with Gasteiger partial charge in [0.25, 0.3) is 0 Å². The van der Waals surface area contributed by atoms with Crippen molar-refractivity contribution in [2.24, 2.45) is 52.1 Å². The second kappa shape index (κ2) is 11.4. The number of hydrogen-bond acceptors (Lipinski definition) is 9. The van der Waals surface area contributed by atoms with E-state index < -0.39 is 46.4 Å². The van der Waals surface area contributed by atoms with Crippen molar-refractivity contribution in [3.63, 3.8) is 0 Å². The Hall–Kier alpha value is -0.910. The molecule has 5 fully saturated rings. The quantitative estimate of drug-likeness (QED) is 0.253. The predicted octanol–water partition coefficient (Wildman–Crippen LogP) is 2.67. The van der Waals surface area contributed by atoms with Crippen LogP contribution in [0.5, 0.6) is 0 Å². The molecule has 2 saturated heterocycles. The minimum Gasteiger partial charge on any atom is -0.390 e. The highest BCUT2D eigenvalue weighted by atomic mass is 16.5. The van der Waals surface area contributed by atoms with Crippen molar-refractivity contribution in [1.29, 1.82) is 0 Å². The van der Waals surface area contributed by atoms with Gasteiger partial charge in [0.05, 0.1) is 41.8 Å². The molecule has 15 atom stereocenters. The zero-order valence-corrected chi connectivity index (χ0v) is 27.7. The third-order valence-corrected chi connectivity index (χ3v) is 13.9. The smallest absolute Gasteiger partial charge is 0.159 e. The fourth-order valence-corrected chi connectivity index (χ4v) is 11.0. The lowest BCUT2D eigenvalue weighted by Crippen LogP contribution is -2.63. The average Bonchev–Trinajstić information content (AvgIpc) is 3.35. The van der Waals surface area contributed by atoms with E-state index in [4.69, 9.17) is 15.2 Å². The maximum atomic E-state index is 13.9. The number of carbonyl (C=O) groups is 1. The molecule has 0 spiro atoms. The van der Waals surface area contributed by atoms with E-state index >= 15 is 0 Å². The van der Waals surface area contributed by atoms with Gasteiger partial charge in [-0.25, -0.2) is 0 Å². The number of ketones is 1. The van der Waals surface area contributed by atoms with E-state index in [9.17, 15) is 25.2 Å². The summed E-state index contributed by atoms with van der Waals surface area (Å²) in [6, 6.07) is 0. The summed E-state index contributed by atoms with van der Waals surface area (Å²) in [7, 11) is 0. The molecule has 250 valence electrons. The van der Waals surface area contributed by atoms with Crippen LogP contribution in [0.3, 0.4) is 0 Å². The number of fused-ring (bicyclic) bond motifs is 7. The molecule has 6 rings (SSSR count). The summed E-state index contributed by atoms with van der Waals surface area (Å²) in [5.41, 5.74) is 2.95. The van der Waals surface area contributed by atoms with Crippen molar-refractivity contribution in [2.45, 2.75) is 141 Å². The summed E-state index contributed by atoms with van der Waals surface area (Å²) in [5, 5.41) is 50.6. The number of nitrogens with one attached hydrogen (secondary N) is 1. The van der Waals surface area contributed by atoms with Crippen LogP contribution >= 0.6 is 0 Å². The topological polar surface area (TPSA) is 154 Å². The van der Waals surface area contributed by atoms with Gasteiger partial charge in [0.15, 0.2) is 5.78 Å². The molecule has 6 aliphatic rings. The molecule has 0 aromatic carbocycles. The molecule has 3 saturated carbocycles. The van der Waals surface area contributed by atoms with Crippen LogP contribution in [0, 0.1) is 46.3 Å². The van der Waals surface area contributed by atoms with E-state index in [1.807, 2.05) is 13.8 Å². The third kappa shape index (κ3) is 4.90. The lowest BCUT2D eigenvalue weighted by atomic mass is 9.45. The highest BCUT2D eigenvalue weighted by Crippen LogP contribution is 2.70. The first-order chi connectivity index (χ1) is 20.5. The Bertz CT molecular complexity index is 1140. The second-order valence-corrected chi connectivity index (χ2v) is 16.7. The Morgan fingerprint density at radius 1 is 1.11 bits per heavy atom. The van der Waals surface area contributed by atoms with Crippen molar-refractivity contribution in [2.75, 3.05) is 13.2 Å². The lowest BCUT2D eigenvalue weighted by molar-refractivity contribution is -0.177. The number of carbonyl (C=O) groups excluding carboxylic acids is 1. The van der Waals surface area contributed by atoms with E-state index in [0.29, 0.717) is 31.8 Å². The normalized spacial score (nSPS) is 51.7. The van der Waals surface area contributed by atoms with Gasteiger partial charge in [-0.1, -0.05) is 34.6 Å². The fourth-order valence-electron chi connectivity index (χ4n) is 11.0. The first-order valence-electron chi connectivity index (χ1n) is 17.4. The molecule has 7 N–H and O–H groups in total. The molecular formula is C35H58N2O7. The van der Waals surface area contributed by atoms with E-state index in [0.717, 1.165) is 37.8 Å². The standard InChI is InChI=1S/C35H58N2O7/c1-18(2)19(3)29(40)31-34(6,41)30-27(44-31)17-35(42)22-14-24(38)23-15-26(43-12-9-20-8-11-37-28(36)13-20)25(39)16-32(23,4)21(22)7-10-33(30,35)5/h14,18-21,23,25-31,37,39-42H,7-13,15-17,36H2,1-6H3/t19-,20?,21+,23+,25-,26+,27-,28?,29-,30+,31+,32+,33+,34+,35-/m0/s1. The number of allylic oxidation sites excluding steroid dienone is 1. The van der Waals surface area contributed by atoms with E-state index in [-0.39, 0.29) is 54.1 Å². The number of ether oxygens (including phenoxy) is 2. The van der Waals surface area contributed by atoms with E-state index in [1.54, 1.807) is 13.0 Å². The summed E-state index contributed by atoms with van der Waals surface area (Å²) in [6.45, 7) is 13.5. The molecular weight excluding hydrogens is 560 g/mol. The van der Waals surface area contributed by atoms with E-state index in [2.05, 4.69) is 26.1 Å². The summed E-state index contributed by atoms with van der Waals surface area (Å²) in [4.78, 5) is 13.9. The molecule has 2 aliphatic heterocycles. The van der Waals surface area contributed by atoms with Gasteiger partial charge in [0.2, 0.25) is 0 Å². The highest BCUT2D eigenvalue weighted by Gasteiger charge is 2.75. The minimum atomic E-state index is -1.34. The van der Waals surface area contributed by atoms with Crippen LogP contribution in [-0.2, 0) is 14.3 Å². The summed E-state index contributed by atoms with van der Waals surface area (Å²) in [6.07, 6.45) is 4.21. The number of hydrogen-bond donors (Lipinski definition) is 6. The van der Waals surface area contributed by atoms with Crippen LogP contribution < -0.4 is 11.1 Å². The SMILES string of the molecule is CC(C)[C@H](C)[C@H](O)[C@H]1O[C@H]2C[C@]3(O)C4=CC(=O)[C@H]5C[C@@H](OCCC6CCNC(N)C6)[C@@H](O)C[C@]5(C)[C@@H]4CC[C@]3(C)[C@@H]2[C@@]1(C)O. The molecule has 9 nitrogen and oxygen atoms in total. The number of rotatable bonds is 7. The molecule has 2 unspecified atom stereocenters. The Balaban J connectivity index is 1.20. The van der Waals surface area contributed by atoms with Crippen LogP contribution in [-0.4, -0.2) is 87.2 Å². The zero-order valence-electron chi connectivity index (χ0n) is 27.7. The van der Waals surface area contributed by atoms with Crippen molar-refractivity contribution in [1.82, 2.24) is 5.32 Å². The van der Waals surface area contributed by atoms with Crippen LogP contribution in [0.25, 0.3) is 0 Å². The Morgan fingerprint density at radius 2 is 1.84 bits per heavy atom. The van der Waals surface area contributed by atoms with Crippen molar-refractivity contribution < 1.29 is 34.7 Å². The highest BCUT2D eigenvalue weighted by molar-refractivity contribution is 5.95. The number of aliphatic hydroxyl groups excluding tert-OH is 2. The van der Waals surface area contributed by atoms with Crippen molar-refractivity contribution in [3.05, 3.63) is 11.6 Å². The molecule has 2 heterocycles. The Kier molecular flexibility index (Phi) is 8.52. The lowest BCUT2D eigenvalue weighted by Gasteiger charge is -2.60. The maximum Gasteiger partial charge on any atom is 0.159 e. The molecule has 0 aromatic heterocycles. The zero-order chi connectivity index (χ0) is 32.0. The van der Waals surface area contributed by atoms with Crippen LogP contribution in [0.1, 0.15) is 92.9 Å². The largest absolute Gasteiger partial charge is 0.390 e. The molecule has 0 aromatic rings. The second-order valence-electron chi connectivity index (χ2n) is 16.7. The first kappa shape index (κ1) is 33.0. The molecule has 9 heteroatoms. The molecule has 44 heavy (non-hydrogen) atoms. The summed E-state index contributed by atoms with van der Waals surface area (Å²) in [5.74, 6) is -0.0378. The van der Waals surface area contributed by atoms with Gasteiger partial charge in [0, 0.05) is 30.3 Å². The number of aliphatic hydroxyl groups is 4. The van der Waals surface area contributed by atoms with Gasteiger partial charge in [-0.2, -0.15) is 0 Å². The number of nitrogens with two attached hydrogens (primary N) is 1. The number of piperidine rings is 1. The van der Waals surface area contributed by atoms with E-state index in [1.165, 1.54) is 0 Å². The molecule has 0 bridgehead atoms. The maximum absolute atomic E-state index is 13.9. The Labute approximate surface area is 263 Å². The van der Waals surface area contributed by atoms with Gasteiger partial charge in [-0.05, 0) is 99.1 Å². The third-order valence-electron chi connectivity index (χ3n) is 13.9. The summed E-state index contributed by atoms with van der Waals surface area (Å²) >= 11 is 0. The first-order valence-corrected chi connectivity index (χ1v) is 17.4. The minimum absolute atomic E-state index is 0.00467.